The molecule has 1 fully saturated rings. The lowest BCUT2D eigenvalue weighted by Gasteiger charge is -2.26. The van der Waals surface area contributed by atoms with Crippen LogP contribution in [-0.4, -0.2) is 64.7 Å². The van der Waals surface area contributed by atoms with Crippen molar-refractivity contribution in [1.82, 2.24) is 14.9 Å². The Hall–Kier alpha value is -2.22. The number of aromatic nitrogens is 2. The molecule has 1 aromatic rings. The number of amides is 1. The van der Waals surface area contributed by atoms with Gasteiger partial charge in [0.2, 0.25) is 5.91 Å². The lowest BCUT2D eigenvalue weighted by atomic mass is 10.3. The Morgan fingerprint density at radius 1 is 1.35 bits per heavy atom. The summed E-state index contributed by atoms with van der Waals surface area (Å²) < 4.78 is 5.18. The maximum absolute atomic E-state index is 11.9. The summed E-state index contributed by atoms with van der Waals surface area (Å²) >= 11 is 0. The second-order valence-electron chi connectivity index (χ2n) is 4.26. The van der Waals surface area contributed by atoms with Crippen LogP contribution in [-0.2, 0) is 9.53 Å². The Kier molecular flexibility index (Phi) is 4.83. The number of anilines is 1. The molecule has 1 saturated heterocycles. The predicted molar refractivity (Wildman–Crippen MR) is 69.5 cm³/mol. The topological polar surface area (TPSA) is 105 Å². The molecule has 1 aliphatic rings. The molecule has 1 aliphatic heterocycles. The molecule has 0 spiro atoms. The summed E-state index contributed by atoms with van der Waals surface area (Å²) in [6.45, 7) is 2.77. The number of carboxylic acid groups (broad SMARTS) is 1. The number of carbonyl (C=O) groups excluding carboxylic acids is 1. The lowest BCUT2D eigenvalue weighted by Crippen LogP contribution is -2.41. The number of ether oxygens (including phenoxy) is 1. The van der Waals surface area contributed by atoms with Crippen LogP contribution in [0.4, 0.5) is 5.82 Å². The number of morpholine rings is 1. The minimum Gasteiger partial charge on any atom is -0.476 e. The third kappa shape index (κ3) is 3.89. The van der Waals surface area contributed by atoms with Crippen molar-refractivity contribution in [2.75, 3.05) is 38.2 Å². The monoisotopic (exact) mass is 280 g/mol. The van der Waals surface area contributed by atoms with Crippen molar-refractivity contribution in [3.05, 3.63) is 18.1 Å². The van der Waals surface area contributed by atoms with Gasteiger partial charge < -0.3 is 20.1 Å². The van der Waals surface area contributed by atoms with Crippen LogP contribution >= 0.6 is 0 Å². The number of nitrogens with zero attached hydrogens (tertiary/aromatic N) is 3. The average molecular weight is 280 g/mol. The zero-order valence-electron chi connectivity index (χ0n) is 10.9. The van der Waals surface area contributed by atoms with Gasteiger partial charge in [0.15, 0.2) is 5.69 Å². The molecule has 2 heterocycles. The Morgan fingerprint density at radius 2 is 2.10 bits per heavy atom. The van der Waals surface area contributed by atoms with Gasteiger partial charge in [0, 0.05) is 26.1 Å². The molecule has 108 valence electrons. The van der Waals surface area contributed by atoms with E-state index in [1.165, 1.54) is 12.4 Å². The summed E-state index contributed by atoms with van der Waals surface area (Å²) in [5.41, 5.74) is -0.130. The van der Waals surface area contributed by atoms with Crippen molar-refractivity contribution in [3.63, 3.8) is 0 Å². The zero-order valence-corrected chi connectivity index (χ0v) is 10.9. The molecule has 0 atom stereocenters. The van der Waals surface area contributed by atoms with E-state index in [1.54, 1.807) is 4.90 Å². The van der Waals surface area contributed by atoms with E-state index in [-0.39, 0.29) is 11.6 Å². The molecule has 0 bridgehead atoms. The Labute approximate surface area is 115 Å². The molecular formula is C12H16N4O4. The largest absolute Gasteiger partial charge is 0.476 e. The molecule has 0 radical (unpaired) electrons. The van der Waals surface area contributed by atoms with E-state index in [4.69, 9.17) is 9.84 Å². The third-order valence-corrected chi connectivity index (χ3v) is 2.86. The first-order valence-electron chi connectivity index (χ1n) is 6.31. The van der Waals surface area contributed by atoms with Crippen molar-refractivity contribution in [1.29, 1.82) is 0 Å². The molecule has 2 rings (SSSR count). The summed E-state index contributed by atoms with van der Waals surface area (Å²) in [6.07, 6.45) is 2.91. The lowest BCUT2D eigenvalue weighted by molar-refractivity contribution is -0.134. The predicted octanol–water partition coefficient (Wildman–Crippen LogP) is -0.164. The summed E-state index contributed by atoms with van der Waals surface area (Å²) in [4.78, 5) is 32.0. The number of hydrogen-bond acceptors (Lipinski definition) is 6. The number of aromatic carboxylic acids is 1. The highest BCUT2D eigenvalue weighted by atomic mass is 16.5. The molecule has 2 N–H and O–H groups in total. The van der Waals surface area contributed by atoms with Crippen LogP contribution < -0.4 is 5.32 Å². The summed E-state index contributed by atoms with van der Waals surface area (Å²) in [7, 11) is 0. The quantitative estimate of drug-likeness (QED) is 0.771. The second-order valence-corrected chi connectivity index (χ2v) is 4.26. The van der Waals surface area contributed by atoms with Gasteiger partial charge in [0.25, 0.3) is 0 Å². The Morgan fingerprint density at radius 3 is 2.80 bits per heavy atom. The van der Waals surface area contributed by atoms with E-state index < -0.39 is 5.97 Å². The summed E-state index contributed by atoms with van der Waals surface area (Å²) in [5, 5.41) is 11.7. The first-order valence-corrected chi connectivity index (χ1v) is 6.31. The number of nitrogens with one attached hydrogen (secondary N) is 1. The third-order valence-electron chi connectivity index (χ3n) is 2.86. The standard InChI is InChI=1S/C12H16N4O4/c17-11(16-3-5-20-6-4-16)1-2-14-10-8-13-7-9(15-10)12(18)19/h7-8H,1-6H2,(H,14,15)(H,18,19). The molecule has 0 unspecified atom stereocenters. The van der Waals surface area contributed by atoms with Crippen LogP contribution in [0.2, 0.25) is 0 Å². The van der Waals surface area contributed by atoms with Gasteiger partial charge in [-0.25, -0.2) is 9.78 Å². The minimum absolute atomic E-state index is 0.0446. The molecule has 20 heavy (non-hydrogen) atoms. The number of carbonyl (C=O) groups is 2. The Bertz CT molecular complexity index is 488. The van der Waals surface area contributed by atoms with E-state index in [2.05, 4.69) is 15.3 Å². The normalized spacial score (nSPS) is 14.9. The van der Waals surface area contributed by atoms with Gasteiger partial charge in [-0.1, -0.05) is 0 Å². The SMILES string of the molecule is O=C(O)c1cncc(NCCC(=O)N2CCOCC2)n1. The van der Waals surface area contributed by atoms with Gasteiger partial charge >= 0.3 is 5.97 Å². The first kappa shape index (κ1) is 14.2. The van der Waals surface area contributed by atoms with Crippen LogP contribution in [0, 0.1) is 0 Å². The highest BCUT2D eigenvalue weighted by Crippen LogP contribution is 2.04. The number of carboxylic acids is 1. The van der Waals surface area contributed by atoms with Gasteiger partial charge in [0.05, 0.1) is 25.6 Å². The van der Waals surface area contributed by atoms with E-state index in [1.807, 2.05) is 0 Å². The molecule has 0 saturated carbocycles. The van der Waals surface area contributed by atoms with Gasteiger partial charge in [0.1, 0.15) is 5.82 Å². The summed E-state index contributed by atoms with van der Waals surface area (Å²) in [6, 6.07) is 0. The number of rotatable bonds is 5. The molecule has 1 aromatic heterocycles. The molecular weight excluding hydrogens is 264 g/mol. The fourth-order valence-electron chi connectivity index (χ4n) is 1.82. The average Bonchev–Trinajstić information content (AvgIpc) is 2.48. The van der Waals surface area contributed by atoms with Crippen molar-refractivity contribution < 1.29 is 19.4 Å². The van der Waals surface area contributed by atoms with Gasteiger partial charge in [-0.2, -0.15) is 0 Å². The smallest absolute Gasteiger partial charge is 0.356 e. The second kappa shape index (κ2) is 6.80. The van der Waals surface area contributed by atoms with Gasteiger partial charge in [-0.3, -0.25) is 9.78 Å². The van der Waals surface area contributed by atoms with E-state index >= 15 is 0 Å². The van der Waals surface area contributed by atoms with Gasteiger partial charge in [-0.05, 0) is 0 Å². The molecule has 0 aliphatic carbocycles. The van der Waals surface area contributed by atoms with Crippen LogP contribution in [0.25, 0.3) is 0 Å². The van der Waals surface area contributed by atoms with Gasteiger partial charge in [-0.15, -0.1) is 0 Å². The van der Waals surface area contributed by atoms with Crippen molar-refractivity contribution >= 4 is 17.7 Å². The minimum atomic E-state index is -1.13. The van der Waals surface area contributed by atoms with E-state index in [9.17, 15) is 9.59 Å². The van der Waals surface area contributed by atoms with Crippen molar-refractivity contribution in [3.8, 4) is 0 Å². The van der Waals surface area contributed by atoms with Crippen LogP contribution in [0.3, 0.4) is 0 Å². The van der Waals surface area contributed by atoms with Crippen molar-refractivity contribution in [2.45, 2.75) is 6.42 Å². The fourth-order valence-corrected chi connectivity index (χ4v) is 1.82. The van der Waals surface area contributed by atoms with Crippen LogP contribution in [0.1, 0.15) is 16.9 Å². The molecule has 1 amide bonds. The first-order chi connectivity index (χ1) is 9.66. The highest BCUT2D eigenvalue weighted by Gasteiger charge is 2.16. The van der Waals surface area contributed by atoms with Crippen LogP contribution in [0.5, 0.6) is 0 Å². The Balaban J connectivity index is 1.79. The van der Waals surface area contributed by atoms with Crippen molar-refractivity contribution in [2.24, 2.45) is 0 Å². The summed E-state index contributed by atoms with van der Waals surface area (Å²) in [5.74, 6) is -0.742. The highest BCUT2D eigenvalue weighted by molar-refractivity contribution is 5.85. The fraction of sp³-hybridized carbons (Fsp3) is 0.500. The molecule has 8 nitrogen and oxygen atoms in total. The number of hydrogen-bond donors (Lipinski definition) is 2. The zero-order chi connectivity index (χ0) is 14.4. The maximum atomic E-state index is 11.9. The van der Waals surface area contributed by atoms with E-state index in [0.717, 1.165) is 0 Å². The van der Waals surface area contributed by atoms with Crippen LogP contribution in [0.15, 0.2) is 12.4 Å². The maximum Gasteiger partial charge on any atom is 0.356 e. The molecule has 8 heteroatoms. The van der Waals surface area contributed by atoms with E-state index in [0.29, 0.717) is 45.1 Å². The molecule has 0 aromatic carbocycles.